The van der Waals surface area contributed by atoms with Crippen LogP contribution in [0, 0.1) is 0 Å². The van der Waals surface area contributed by atoms with E-state index in [4.69, 9.17) is 4.74 Å². The first-order valence-electron chi connectivity index (χ1n) is 11.6. The number of halogens is 3. The van der Waals surface area contributed by atoms with Gasteiger partial charge in [0.05, 0.1) is 35.1 Å². The minimum Gasteiger partial charge on any atom is -0.481 e. The summed E-state index contributed by atoms with van der Waals surface area (Å²) < 4.78 is 20.3. The number of hydrogen-bond acceptors (Lipinski definition) is 8. The highest BCUT2D eigenvalue weighted by Gasteiger charge is 2.30. The minimum atomic E-state index is -1.07. The number of fused-ring (bicyclic) bond motifs is 2. The van der Waals surface area contributed by atoms with Gasteiger partial charge in [0.15, 0.2) is 0 Å². The second-order valence-corrected chi connectivity index (χ2v) is 9.84. The van der Waals surface area contributed by atoms with Gasteiger partial charge in [0.25, 0.3) is 0 Å². The number of ether oxygens (including phenoxy) is 1. The van der Waals surface area contributed by atoms with E-state index in [1.54, 1.807) is 13.2 Å². The van der Waals surface area contributed by atoms with E-state index >= 15 is 4.39 Å². The number of aromatic nitrogens is 2. The SMILES string of the molecule is COc1ccc2cccc([C@@H](O)CN3CC[C@@H](NCc4ccc5c(n4)NC(=O)CS5)[C@@H](F)C3)c2n1.Cl.Cl. The Morgan fingerprint density at radius 2 is 2.08 bits per heavy atom. The van der Waals surface area contributed by atoms with Gasteiger partial charge in [-0.15, -0.1) is 36.6 Å². The highest BCUT2D eigenvalue weighted by molar-refractivity contribution is 8.00. The number of nitrogens with one attached hydrogen (secondary N) is 2. The predicted octanol–water partition coefficient (Wildman–Crippen LogP) is 3.76. The number of likely N-dealkylation sites (tertiary alicyclic amines) is 1. The van der Waals surface area contributed by atoms with Gasteiger partial charge < -0.3 is 20.5 Å². The standard InChI is InChI=1S/C25H28FN5O3S.2ClH/c1-34-23-8-5-15-3-2-4-17(24(15)30-23)20(32)13-31-10-9-19(18(26)12-31)27-11-16-6-7-21-25(28-16)29-22(33)14-35-21;;/h2-8,18-20,27,32H,9-14H2,1H3,(H,28,29,33);2*1H/t18-,19+,20-;;/m0../s1. The summed E-state index contributed by atoms with van der Waals surface area (Å²) >= 11 is 1.47. The van der Waals surface area contributed by atoms with Crippen LogP contribution < -0.4 is 15.4 Å². The van der Waals surface area contributed by atoms with Crippen LogP contribution in [0.4, 0.5) is 10.2 Å². The van der Waals surface area contributed by atoms with Crippen LogP contribution in [0.2, 0.25) is 0 Å². The molecule has 2 aliphatic heterocycles. The van der Waals surface area contributed by atoms with Gasteiger partial charge in [-0.05, 0) is 31.2 Å². The molecule has 0 radical (unpaired) electrons. The summed E-state index contributed by atoms with van der Waals surface area (Å²) in [5, 5.41) is 17.9. The van der Waals surface area contributed by atoms with Crippen molar-refractivity contribution >= 4 is 59.2 Å². The van der Waals surface area contributed by atoms with E-state index in [-0.39, 0.29) is 43.3 Å². The number of para-hydroxylation sites is 1. The van der Waals surface area contributed by atoms with Gasteiger partial charge in [-0.2, -0.15) is 0 Å². The zero-order valence-corrected chi connectivity index (χ0v) is 22.7. The van der Waals surface area contributed by atoms with Gasteiger partial charge in [-0.1, -0.05) is 18.2 Å². The maximum absolute atomic E-state index is 15.0. The Hall–Kier alpha value is -2.21. The fourth-order valence-corrected chi connectivity index (χ4v) is 5.34. The van der Waals surface area contributed by atoms with Gasteiger partial charge in [0.2, 0.25) is 11.8 Å². The third-order valence-electron chi connectivity index (χ3n) is 6.43. The molecule has 12 heteroatoms. The first-order valence-corrected chi connectivity index (χ1v) is 12.6. The van der Waals surface area contributed by atoms with E-state index in [2.05, 4.69) is 20.6 Å². The Balaban J connectivity index is 0.00000190. The number of alkyl halides is 1. The quantitative estimate of drug-likeness (QED) is 0.395. The average Bonchev–Trinajstić information content (AvgIpc) is 2.87. The van der Waals surface area contributed by atoms with Crippen molar-refractivity contribution in [2.24, 2.45) is 0 Å². The van der Waals surface area contributed by atoms with Crippen molar-refractivity contribution in [2.45, 2.75) is 36.2 Å². The second-order valence-electron chi connectivity index (χ2n) is 8.83. The molecule has 3 aromatic rings. The fourth-order valence-electron chi connectivity index (χ4n) is 4.58. The molecule has 0 spiro atoms. The van der Waals surface area contributed by atoms with E-state index in [0.29, 0.717) is 54.6 Å². The number of β-amino-alcohol motifs (C(OH)–C–C–N with tert-alkyl or cyclic N) is 1. The summed E-state index contributed by atoms with van der Waals surface area (Å²) in [6, 6.07) is 12.9. The Bertz CT molecular complexity index is 1240. The van der Waals surface area contributed by atoms with Crippen molar-refractivity contribution in [3.8, 4) is 5.88 Å². The highest BCUT2D eigenvalue weighted by Crippen LogP contribution is 2.30. The minimum absolute atomic E-state index is 0. The summed E-state index contributed by atoms with van der Waals surface area (Å²) in [5.41, 5.74) is 2.16. The number of hydrogen-bond donors (Lipinski definition) is 3. The van der Waals surface area contributed by atoms with E-state index in [0.717, 1.165) is 16.0 Å². The van der Waals surface area contributed by atoms with Gasteiger partial charge in [0, 0.05) is 42.7 Å². The van der Waals surface area contributed by atoms with Crippen LogP contribution in [-0.4, -0.2) is 70.6 Å². The number of carbonyl (C=O) groups excluding carboxylic acids is 1. The lowest BCUT2D eigenvalue weighted by Gasteiger charge is -2.36. The molecule has 8 nitrogen and oxygen atoms in total. The number of anilines is 1. The molecule has 3 N–H and O–H groups in total. The summed E-state index contributed by atoms with van der Waals surface area (Å²) in [5.74, 6) is 1.40. The number of aliphatic hydroxyl groups excluding tert-OH is 1. The maximum Gasteiger partial charge on any atom is 0.235 e. The number of carbonyl (C=O) groups is 1. The molecule has 2 aliphatic rings. The first kappa shape index (κ1) is 29.3. The molecule has 1 fully saturated rings. The molecule has 3 atom stereocenters. The van der Waals surface area contributed by atoms with Crippen molar-refractivity contribution < 1.29 is 19.0 Å². The van der Waals surface area contributed by atoms with Gasteiger partial charge in [-0.25, -0.2) is 14.4 Å². The zero-order chi connectivity index (χ0) is 24.4. The number of nitrogens with zero attached hydrogens (tertiary/aromatic N) is 3. The van der Waals surface area contributed by atoms with E-state index in [9.17, 15) is 9.90 Å². The lowest BCUT2D eigenvalue weighted by Crippen LogP contribution is -2.51. The van der Waals surface area contributed by atoms with Crippen LogP contribution in [-0.2, 0) is 11.3 Å². The molecule has 5 rings (SSSR count). The fraction of sp³-hybridized carbons (Fsp3) is 0.400. The maximum atomic E-state index is 15.0. The molecule has 4 heterocycles. The van der Waals surface area contributed by atoms with E-state index in [1.807, 2.05) is 41.3 Å². The number of benzene rings is 1. The Labute approximate surface area is 231 Å². The van der Waals surface area contributed by atoms with Gasteiger partial charge in [0.1, 0.15) is 12.0 Å². The largest absolute Gasteiger partial charge is 0.481 e. The monoisotopic (exact) mass is 569 g/mol. The van der Waals surface area contributed by atoms with Crippen LogP contribution in [0.3, 0.4) is 0 Å². The third kappa shape index (κ3) is 6.81. The lowest BCUT2D eigenvalue weighted by molar-refractivity contribution is -0.113. The van der Waals surface area contributed by atoms with Crippen LogP contribution in [0.25, 0.3) is 10.9 Å². The highest BCUT2D eigenvalue weighted by atomic mass is 35.5. The number of pyridine rings is 2. The lowest BCUT2D eigenvalue weighted by atomic mass is 10.0. The van der Waals surface area contributed by atoms with Crippen LogP contribution in [0.1, 0.15) is 23.8 Å². The normalized spacial score (nSPS) is 20.2. The molecule has 0 bridgehead atoms. The topological polar surface area (TPSA) is 99.6 Å². The van der Waals surface area contributed by atoms with Crippen molar-refractivity contribution in [1.29, 1.82) is 0 Å². The van der Waals surface area contributed by atoms with Crippen molar-refractivity contribution in [2.75, 3.05) is 37.8 Å². The smallest absolute Gasteiger partial charge is 0.235 e. The summed E-state index contributed by atoms with van der Waals surface area (Å²) in [4.78, 5) is 23.5. The predicted molar refractivity (Wildman–Crippen MR) is 148 cm³/mol. The number of aliphatic hydroxyl groups is 1. The number of amides is 1. The molecule has 37 heavy (non-hydrogen) atoms. The Kier molecular flexibility index (Phi) is 10.3. The molecular weight excluding hydrogens is 540 g/mol. The van der Waals surface area contributed by atoms with Crippen LogP contribution in [0.15, 0.2) is 47.4 Å². The molecule has 1 saturated heterocycles. The molecule has 200 valence electrons. The van der Waals surface area contributed by atoms with Crippen LogP contribution >= 0.6 is 36.6 Å². The van der Waals surface area contributed by atoms with E-state index in [1.165, 1.54) is 11.8 Å². The molecule has 0 unspecified atom stereocenters. The van der Waals surface area contributed by atoms with Gasteiger partial charge >= 0.3 is 0 Å². The summed E-state index contributed by atoms with van der Waals surface area (Å²) in [6.45, 7) is 1.65. The third-order valence-corrected chi connectivity index (χ3v) is 7.48. The van der Waals surface area contributed by atoms with Crippen molar-refractivity contribution in [3.05, 3.63) is 53.7 Å². The van der Waals surface area contributed by atoms with E-state index < -0.39 is 12.3 Å². The second kappa shape index (κ2) is 13.0. The molecule has 1 amide bonds. The summed E-state index contributed by atoms with van der Waals surface area (Å²) in [7, 11) is 1.56. The van der Waals surface area contributed by atoms with Crippen molar-refractivity contribution in [1.82, 2.24) is 20.2 Å². The zero-order valence-electron chi connectivity index (χ0n) is 20.2. The Morgan fingerprint density at radius 3 is 2.86 bits per heavy atom. The van der Waals surface area contributed by atoms with Crippen LogP contribution in [0.5, 0.6) is 5.88 Å². The number of piperidine rings is 1. The molecule has 2 aromatic heterocycles. The number of rotatable bonds is 7. The molecule has 0 aliphatic carbocycles. The number of thioether (sulfide) groups is 1. The van der Waals surface area contributed by atoms with Crippen molar-refractivity contribution in [3.63, 3.8) is 0 Å². The molecule has 0 saturated carbocycles. The molecule has 1 aromatic carbocycles. The molecular formula is C25H30Cl2FN5O3S. The number of methoxy groups -OCH3 is 1. The average molecular weight is 571 g/mol. The summed E-state index contributed by atoms with van der Waals surface area (Å²) in [6.07, 6.45) is -1.25. The van der Waals surface area contributed by atoms with Gasteiger partial charge in [-0.3, -0.25) is 9.69 Å². The first-order chi connectivity index (χ1) is 17.0. The Morgan fingerprint density at radius 1 is 1.24 bits per heavy atom.